The van der Waals surface area contributed by atoms with E-state index in [1.165, 1.54) is 0 Å². The van der Waals surface area contributed by atoms with E-state index in [1.807, 2.05) is 42.5 Å². The molecule has 7 heteroatoms. The average molecular weight is 422 g/mol. The highest BCUT2D eigenvalue weighted by atomic mass is 16.5. The lowest BCUT2D eigenvalue weighted by Gasteiger charge is -2.10. The Hall–Kier alpha value is -3.74. The van der Waals surface area contributed by atoms with Crippen LogP contribution in [0.25, 0.3) is 0 Å². The van der Waals surface area contributed by atoms with Crippen LogP contribution in [0.1, 0.15) is 17.5 Å². The van der Waals surface area contributed by atoms with Gasteiger partial charge in [-0.25, -0.2) is 4.98 Å². The molecule has 31 heavy (non-hydrogen) atoms. The summed E-state index contributed by atoms with van der Waals surface area (Å²) in [5.41, 5.74) is 1.89. The van der Waals surface area contributed by atoms with Crippen LogP contribution in [0, 0.1) is 0 Å². The van der Waals surface area contributed by atoms with Crippen LogP contribution in [-0.2, 0) is 17.8 Å². The van der Waals surface area contributed by atoms with E-state index in [-0.39, 0.29) is 5.91 Å². The van der Waals surface area contributed by atoms with Gasteiger partial charge in [0.2, 0.25) is 11.8 Å². The Morgan fingerprint density at radius 2 is 1.65 bits per heavy atom. The Balaban J connectivity index is 1.47. The van der Waals surface area contributed by atoms with E-state index in [2.05, 4.69) is 10.3 Å². The van der Waals surface area contributed by atoms with E-state index in [9.17, 15) is 4.79 Å². The quantitative estimate of drug-likeness (QED) is 0.529. The third-order valence-electron chi connectivity index (χ3n) is 4.64. The van der Waals surface area contributed by atoms with Crippen molar-refractivity contribution in [2.24, 2.45) is 0 Å². The van der Waals surface area contributed by atoms with Gasteiger partial charge in [-0.3, -0.25) is 4.79 Å². The standard InChI is InChI=1S/C24H26N2O5/c1-28-19-5-4-6-20(14-19)31-24-12-9-18(16-26-24)15-25-23(27)11-8-17-7-10-21(29-2)22(13-17)30-3/h4-7,9-10,12-14,16H,8,11,15H2,1-3H3,(H,25,27). The Kier molecular flexibility index (Phi) is 7.70. The van der Waals surface area contributed by atoms with Gasteiger partial charge in [-0.05, 0) is 41.8 Å². The van der Waals surface area contributed by atoms with Gasteiger partial charge in [-0.15, -0.1) is 0 Å². The Labute approximate surface area is 181 Å². The largest absolute Gasteiger partial charge is 0.497 e. The summed E-state index contributed by atoms with van der Waals surface area (Å²) >= 11 is 0. The number of carbonyl (C=O) groups excluding carboxylic acids is 1. The summed E-state index contributed by atoms with van der Waals surface area (Å²) in [5, 5.41) is 2.91. The third-order valence-corrected chi connectivity index (χ3v) is 4.64. The molecule has 3 aromatic rings. The summed E-state index contributed by atoms with van der Waals surface area (Å²) in [6, 6.07) is 16.6. The molecule has 1 heterocycles. The lowest BCUT2D eigenvalue weighted by Crippen LogP contribution is -2.23. The highest BCUT2D eigenvalue weighted by Gasteiger charge is 2.08. The molecule has 7 nitrogen and oxygen atoms in total. The number of nitrogens with zero attached hydrogens (tertiary/aromatic N) is 1. The molecule has 0 aliphatic rings. The number of ether oxygens (including phenoxy) is 4. The molecule has 0 spiro atoms. The number of rotatable bonds is 10. The number of hydrogen-bond donors (Lipinski definition) is 1. The predicted octanol–water partition coefficient (Wildman–Crippen LogP) is 4.15. The van der Waals surface area contributed by atoms with Crippen LogP contribution in [-0.4, -0.2) is 32.2 Å². The molecule has 1 N–H and O–H groups in total. The molecule has 0 bridgehead atoms. The maximum atomic E-state index is 12.2. The minimum atomic E-state index is -0.0357. The van der Waals surface area contributed by atoms with Crippen LogP contribution in [0.15, 0.2) is 60.8 Å². The summed E-state index contributed by atoms with van der Waals surface area (Å²) in [4.78, 5) is 16.5. The van der Waals surface area contributed by atoms with E-state index in [0.717, 1.165) is 11.1 Å². The first-order valence-corrected chi connectivity index (χ1v) is 9.85. The zero-order valence-electron chi connectivity index (χ0n) is 17.9. The summed E-state index contributed by atoms with van der Waals surface area (Å²) in [6.45, 7) is 0.400. The topological polar surface area (TPSA) is 78.9 Å². The van der Waals surface area contributed by atoms with Crippen LogP contribution < -0.4 is 24.3 Å². The number of amides is 1. The van der Waals surface area contributed by atoms with Crippen LogP contribution in [0.4, 0.5) is 0 Å². The van der Waals surface area contributed by atoms with E-state index < -0.39 is 0 Å². The second kappa shape index (κ2) is 10.9. The lowest BCUT2D eigenvalue weighted by atomic mass is 10.1. The molecule has 0 saturated heterocycles. The Morgan fingerprint density at radius 1 is 0.871 bits per heavy atom. The molecule has 162 valence electrons. The number of carbonyl (C=O) groups is 1. The molecule has 3 rings (SSSR count). The van der Waals surface area contributed by atoms with Crippen molar-refractivity contribution in [1.29, 1.82) is 0 Å². The van der Waals surface area contributed by atoms with Gasteiger partial charge >= 0.3 is 0 Å². The molecule has 1 aromatic heterocycles. The number of aryl methyl sites for hydroxylation is 1. The number of benzene rings is 2. The Morgan fingerprint density at radius 3 is 2.35 bits per heavy atom. The average Bonchev–Trinajstić information content (AvgIpc) is 2.82. The van der Waals surface area contributed by atoms with Gasteiger partial charge in [0.15, 0.2) is 11.5 Å². The zero-order chi connectivity index (χ0) is 22.1. The third kappa shape index (κ3) is 6.37. The van der Waals surface area contributed by atoms with Crippen LogP contribution in [0.5, 0.6) is 28.9 Å². The molecule has 0 unspecified atom stereocenters. The highest BCUT2D eigenvalue weighted by molar-refractivity contribution is 5.76. The second-order valence-corrected chi connectivity index (χ2v) is 6.75. The molecule has 1 amide bonds. The van der Waals surface area contributed by atoms with Crippen molar-refractivity contribution in [1.82, 2.24) is 10.3 Å². The van der Waals surface area contributed by atoms with Crippen molar-refractivity contribution in [2.45, 2.75) is 19.4 Å². The minimum absolute atomic E-state index is 0.0357. The summed E-state index contributed by atoms with van der Waals surface area (Å²) < 4.78 is 21.4. The number of aromatic nitrogens is 1. The molecule has 2 aromatic carbocycles. The lowest BCUT2D eigenvalue weighted by molar-refractivity contribution is -0.121. The van der Waals surface area contributed by atoms with Crippen molar-refractivity contribution in [3.63, 3.8) is 0 Å². The zero-order valence-corrected chi connectivity index (χ0v) is 17.9. The maximum Gasteiger partial charge on any atom is 0.220 e. The number of methoxy groups -OCH3 is 3. The van der Waals surface area contributed by atoms with Gasteiger partial charge in [0.05, 0.1) is 21.3 Å². The number of pyridine rings is 1. The van der Waals surface area contributed by atoms with E-state index in [4.69, 9.17) is 18.9 Å². The number of hydrogen-bond acceptors (Lipinski definition) is 6. The van der Waals surface area contributed by atoms with Gasteiger partial charge in [-0.1, -0.05) is 18.2 Å². The SMILES string of the molecule is COc1cccc(Oc2ccc(CNC(=O)CCc3ccc(OC)c(OC)c3)cn2)c1. The van der Waals surface area contributed by atoms with Gasteiger partial charge in [0, 0.05) is 31.3 Å². The number of nitrogens with one attached hydrogen (secondary N) is 1. The van der Waals surface area contributed by atoms with Gasteiger partial charge in [0.1, 0.15) is 11.5 Å². The van der Waals surface area contributed by atoms with E-state index in [1.54, 1.807) is 39.7 Å². The second-order valence-electron chi connectivity index (χ2n) is 6.75. The van der Waals surface area contributed by atoms with Gasteiger partial charge in [0.25, 0.3) is 0 Å². The fourth-order valence-corrected chi connectivity index (χ4v) is 2.94. The molecular weight excluding hydrogens is 396 g/mol. The molecular formula is C24H26N2O5. The fourth-order valence-electron chi connectivity index (χ4n) is 2.94. The normalized spacial score (nSPS) is 10.3. The first kappa shape index (κ1) is 22.0. The predicted molar refractivity (Wildman–Crippen MR) is 117 cm³/mol. The minimum Gasteiger partial charge on any atom is -0.497 e. The van der Waals surface area contributed by atoms with Crippen molar-refractivity contribution in [2.75, 3.05) is 21.3 Å². The van der Waals surface area contributed by atoms with Crippen LogP contribution in [0.3, 0.4) is 0 Å². The smallest absolute Gasteiger partial charge is 0.220 e. The molecule has 0 aliphatic carbocycles. The molecule has 0 atom stereocenters. The van der Waals surface area contributed by atoms with E-state index in [0.29, 0.717) is 48.3 Å². The van der Waals surface area contributed by atoms with Gasteiger partial charge < -0.3 is 24.3 Å². The monoisotopic (exact) mass is 422 g/mol. The van der Waals surface area contributed by atoms with Crippen LogP contribution >= 0.6 is 0 Å². The van der Waals surface area contributed by atoms with Crippen molar-refractivity contribution in [3.05, 3.63) is 71.9 Å². The summed E-state index contributed by atoms with van der Waals surface area (Å²) in [6.07, 6.45) is 2.67. The molecule has 0 saturated carbocycles. The Bertz CT molecular complexity index is 1010. The summed E-state index contributed by atoms with van der Waals surface area (Å²) in [5.74, 6) is 3.11. The maximum absolute atomic E-state index is 12.2. The first-order valence-electron chi connectivity index (χ1n) is 9.85. The molecule has 0 aliphatic heterocycles. The fraction of sp³-hybridized carbons (Fsp3) is 0.250. The van der Waals surface area contributed by atoms with E-state index >= 15 is 0 Å². The van der Waals surface area contributed by atoms with Crippen molar-refractivity contribution < 1.29 is 23.7 Å². The van der Waals surface area contributed by atoms with Crippen molar-refractivity contribution in [3.8, 4) is 28.9 Å². The van der Waals surface area contributed by atoms with Gasteiger partial charge in [-0.2, -0.15) is 0 Å². The highest BCUT2D eigenvalue weighted by Crippen LogP contribution is 2.28. The molecule has 0 fully saturated rings. The van der Waals surface area contributed by atoms with Crippen molar-refractivity contribution >= 4 is 5.91 Å². The molecule has 0 radical (unpaired) electrons. The first-order chi connectivity index (χ1) is 15.1. The van der Waals surface area contributed by atoms with Crippen LogP contribution in [0.2, 0.25) is 0 Å². The summed E-state index contributed by atoms with van der Waals surface area (Å²) in [7, 11) is 4.79.